The Morgan fingerprint density at radius 3 is 2.29 bits per heavy atom. The molecule has 0 unspecified atom stereocenters. The van der Waals surface area contributed by atoms with Crippen LogP contribution in [0.25, 0.3) is 0 Å². The molecule has 0 aromatic heterocycles. The fourth-order valence-corrected chi connectivity index (χ4v) is 4.59. The molecule has 2 aliphatic heterocycles. The van der Waals surface area contributed by atoms with E-state index in [4.69, 9.17) is 4.74 Å². The van der Waals surface area contributed by atoms with Gasteiger partial charge in [0.05, 0.1) is 18.5 Å². The molecule has 0 bridgehead atoms. The van der Waals surface area contributed by atoms with Gasteiger partial charge < -0.3 is 14.5 Å². The third kappa shape index (κ3) is 3.64. The number of benzene rings is 2. The van der Waals surface area contributed by atoms with Gasteiger partial charge in [-0.05, 0) is 24.3 Å². The first kappa shape index (κ1) is 18.6. The van der Waals surface area contributed by atoms with E-state index in [1.807, 2.05) is 18.2 Å². The molecule has 7 nitrogen and oxygen atoms in total. The van der Waals surface area contributed by atoms with Gasteiger partial charge in [0, 0.05) is 31.9 Å². The van der Waals surface area contributed by atoms with E-state index in [0.717, 1.165) is 25.0 Å². The van der Waals surface area contributed by atoms with Gasteiger partial charge in [0.25, 0.3) is 5.91 Å². The van der Waals surface area contributed by atoms with Crippen LogP contribution < -0.4 is 13.9 Å². The lowest BCUT2D eigenvalue weighted by atomic mass is 10.2. The summed E-state index contributed by atoms with van der Waals surface area (Å²) in [7, 11) is -3.51. The van der Waals surface area contributed by atoms with Crippen molar-refractivity contribution in [2.24, 2.45) is 0 Å². The summed E-state index contributed by atoms with van der Waals surface area (Å²) in [6.45, 7) is 2.61. The van der Waals surface area contributed by atoms with Crippen molar-refractivity contribution in [2.75, 3.05) is 48.2 Å². The second-order valence-corrected chi connectivity index (χ2v) is 8.92. The van der Waals surface area contributed by atoms with E-state index in [1.165, 1.54) is 4.31 Å². The van der Waals surface area contributed by atoms with Crippen molar-refractivity contribution in [2.45, 2.75) is 6.10 Å². The quantitative estimate of drug-likeness (QED) is 0.781. The van der Waals surface area contributed by atoms with Crippen molar-refractivity contribution >= 4 is 27.3 Å². The van der Waals surface area contributed by atoms with E-state index in [0.29, 0.717) is 24.5 Å². The van der Waals surface area contributed by atoms with Gasteiger partial charge in [-0.25, -0.2) is 8.42 Å². The van der Waals surface area contributed by atoms with E-state index >= 15 is 0 Å². The number of amides is 1. The lowest BCUT2D eigenvalue weighted by Gasteiger charge is -2.40. The Labute approximate surface area is 165 Å². The second kappa shape index (κ2) is 7.35. The fourth-order valence-electron chi connectivity index (χ4n) is 3.67. The van der Waals surface area contributed by atoms with Crippen LogP contribution in [0.3, 0.4) is 0 Å². The fraction of sp³-hybridized carbons (Fsp3) is 0.350. The Kier molecular flexibility index (Phi) is 4.89. The third-order valence-electron chi connectivity index (χ3n) is 5.12. The van der Waals surface area contributed by atoms with Crippen LogP contribution in [0.15, 0.2) is 54.6 Å². The maximum Gasteiger partial charge on any atom is 0.265 e. The van der Waals surface area contributed by atoms with E-state index in [1.54, 1.807) is 29.2 Å². The smallest absolute Gasteiger partial charge is 0.265 e. The molecule has 2 aliphatic rings. The standard InChI is InChI=1S/C20H23N3O4S/c1-28(25,26)23-15-19(27-18-10-6-5-9-17(18)23)20(24)22-13-11-21(12-14-22)16-7-3-2-4-8-16/h2-10,19H,11-15H2,1H3/t19-/m1/s1. The summed E-state index contributed by atoms with van der Waals surface area (Å²) in [5.41, 5.74) is 1.61. The summed E-state index contributed by atoms with van der Waals surface area (Å²) in [5, 5.41) is 0. The first-order valence-electron chi connectivity index (χ1n) is 9.26. The average Bonchev–Trinajstić information content (AvgIpc) is 2.72. The van der Waals surface area contributed by atoms with Crippen molar-refractivity contribution in [3.8, 4) is 5.75 Å². The highest BCUT2D eigenvalue weighted by atomic mass is 32.2. The number of nitrogens with zero attached hydrogens (tertiary/aromatic N) is 3. The van der Waals surface area contributed by atoms with Crippen LogP contribution in [-0.4, -0.2) is 64.3 Å². The van der Waals surface area contributed by atoms with Crippen LogP contribution in [0.1, 0.15) is 0 Å². The van der Waals surface area contributed by atoms with Crippen LogP contribution in [0.4, 0.5) is 11.4 Å². The number of sulfonamides is 1. The molecule has 0 saturated carbocycles. The molecule has 4 rings (SSSR count). The average molecular weight is 401 g/mol. The summed E-state index contributed by atoms with van der Waals surface area (Å²) < 4.78 is 31.6. The number of hydrogen-bond acceptors (Lipinski definition) is 5. The summed E-state index contributed by atoms with van der Waals surface area (Å²) in [6, 6.07) is 17.0. The molecule has 0 N–H and O–H groups in total. The third-order valence-corrected chi connectivity index (χ3v) is 6.27. The van der Waals surface area contributed by atoms with Gasteiger partial charge in [-0.1, -0.05) is 30.3 Å². The molecule has 2 heterocycles. The molecule has 0 radical (unpaired) electrons. The number of hydrogen-bond donors (Lipinski definition) is 0. The highest BCUT2D eigenvalue weighted by molar-refractivity contribution is 7.92. The zero-order valence-corrected chi connectivity index (χ0v) is 16.5. The number of piperazine rings is 1. The van der Waals surface area contributed by atoms with Crippen molar-refractivity contribution in [1.29, 1.82) is 0 Å². The maximum absolute atomic E-state index is 13.0. The zero-order chi connectivity index (χ0) is 19.7. The van der Waals surface area contributed by atoms with E-state index < -0.39 is 16.1 Å². The van der Waals surface area contributed by atoms with Gasteiger partial charge in [0.1, 0.15) is 5.75 Å². The SMILES string of the molecule is CS(=O)(=O)N1C[C@H](C(=O)N2CCN(c3ccccc3)CC2)Oc2ccccc21. The van der Waals surface area contributed by atoms with Crippen LogP contribution in [-0.2, 0) is 14.8 Å². The Morgan fingerprint density at radius 1 is 0.964 bits per heavy atom. The molecule has 1 atom stereocenters. The van der Waals surface area contributed by atoms with Crippen LogP contribution in [0.5, 0.6) is 5.75 Å². The minimum Gasteiger partial charge on any atom is -0.476 e. The monoisotopic (exact) mass is 401 g/mol. The van der Waals surface area contributed by atoms with Gasteiger partial charge in [0.2, 0.25) is 10.0 Å². The van der Waals surface area contributed by atoms with Crippen molar-refractivity contribution in [3.63, 3.8) is 0 Å². The minimum atomic E-state index is -3.51. The molecule has 8 heteroatoms. The summed E-state index contributed by atoms with van der Waals surface area (Å²) in [4.78, 5) is 17.0. The molecule has 1 fully saturated rings. The highest BCUT2D eigenvalue weighted by Crippen LogP contribution is 2.35. The predicted octanol–water partition coefficient (Wildman–Crippen LogP) is 1.56. The molecule has 2 aromatic rings. The number of rotatable bonds is 3. The van der Waals surface area contributed by atoms with Gasteiger partial charge >= 0.3 is 0 Å². The lowest BCUT2D eigenvalue weighted by molar-refractivity contribution is -0.138. The number of para-hydroxylation sites is 3. The molecule has 1 amide bonds. The first-order chi connectivity index (χ1) is 13.4. The summed E-state index contributed by atoms with van der Waals surface area (Å²) in [6.07, 6.45) is 0.308. The largest absolute Gasteiger partial charge is 0.476 e. The number of fused-ring (bicyclic) bond motifs is 1. The maximum atomic E-state index is 13.0. The van der Waals surface area contributed by atoms with Crippen LogP contribution >= 0.6 is 0 Å². The molecule has 148 valence electrons. The number of ether oxygens (including phenoxy) is 1. The van der Waals surface area contributed by atoms with Crippen molar-refractivity contribution < 1.29 is 17.9 Å². The second-order valence-electron chi connectivity index (χ2n) is 7.02. The Bertz CT molecular complexity index is 956. The first-order valence-corrected chi connectivity index (χ1v) is 11.1. The lowest BCUT2D eigenvalue weighted by Crippen LogP contribution is -2.56. The Balaban J connectivity index is 1.47. The van der Waals surface area contributed by atoms with Crippen LogP contribution in [0, 0.1) is 0 Å². The Hall–Kier alpha value is -2.74. The topological polar surface area (TPSA) is 70.2 Å². The molecule has 0 spiro atoms. The van der Waals surface area contributed by atoms with Crippen LogP contribution in [0.2, 0.25) is 0 Å². The summed E-state index contributed by atoms with van der Waals surface area (Å²) in [5.74, 6) is 0.247. The van der Waals surface area contributed by atoms with Gasteiger partial charge in [-0.15, -0.1) is 0 Å². The van der Waals surface area contributed by atoms with E-state index in [-0.39, 0.29) is 12.5 Å². The molecular formula is C20H23N3O4S. The number of carbonyl (C=O) groups excluding carboxylic acids is 1. The highest BCUT2D eigenvalue weighted by Gasteiger charge is 2.37. The minimum absolute atomic E-state index is 0.00637. The predicted molar refractivity (Wildman–Crippen MR) is 108 cm³/mol. The normalized spacial score (nSPS) is 19.8. The number of anilines is 2. The van der Waals surface area contributed by atoms with Gasteiger partial charge in [-0.3, -0.25) is 9.10 Å². The Morgan fingerprint density at radius 2 is 1.61 bits per heavy atom. The van der Waals surface area contributed by atoms with Crippen molar-refractivity contribution in [1.82, 2.24) is 4.90 Å². The molecule has 28 heavy (non-hydrogen) atoms. The molecule has 0 aliphatic carbocycles. The molecule has 1 saturated heterocycles. The number of carbonyl (C=O) groups is 1. The van der Waals surface area contributed by atoms with Gasteiger partial charge in [0.15, 0.2) is 6.10 Å². The molecular weight excluding hydrogens is 378 g/mol. The summed E-state index contributed by atoms with van der Waals surface area (Å²) >= 11 is 0. The molecule has 2 aromatic carbocycles. The van der Waals surface area contributed by atoms with E-state index in [9.17, 15) is 13.2 Å². The van der Waals surface area contributed by atoms with E-state index in [2.05, 4.69) is 17.0 Å². The zero-order valence-electron chi connectivity index (χ0n) is 15.7. The van der Waals surface area contributed by atoms with Crippen molar-refractivity contribution in [3.05, 3.63) is 54.6 Å². The van der Waals surface area contributed by atoms with Gasteiger partial charge in [-0.2, -0.15) is 0 Å².